The normalized spacial score (nSPS) is 14.5. The summed E-state index contributed by atoms with van der Waals surface area (Å²) in [5, 5.41) is 3.54. The maximum absolute atomic E-state index is 14.1. The Balaban J connectivity index is 1.70. The molecule has 7 nitrogen and oxygen atoms in total. The van der Waals surface area contributed by atoms with E-state index in [-0.39, 0.29) is 23.4 Å². The number of rotatable bonds is 11. The predicted molar refractivity (Wildman–Crippen MR) is 159 cm³/mol. The molecule has 1 aliphatic carbocycles. The Hall–Kier alpha value is -3.36. The van der Waals surface area contributed by atoms with Crippen LogP contribution in [0.1, 0.15) is 50.2 Å². The van der Waals surface area contributed by atoms with E-state index in [0.717, 1.165) is 41.1 Å². The molecule has 4 rings (SSSR count). The molecule has 0 unspecified atom stereocenters. The minimum Gasteiger partial charge on any atom is -0.352 e. The van der Waals surface area contributed by atoms with Gasteiger partial charge in [0.15, 0.2) is 0 Å². The maximum Gasteiger partial charge on any atom is 0.264 e. The van der Waals surface area contributed by atoms with Crippen molar-refractivity contribution in [2.24, 2.45) is 0 Å². The molecule has 1 N–H and O–H groups in total. The maximum atomic E-state index is 14.1. The summed E-state index contributed by atoms with van der Waals surface area (Å²) in [7, 11) is -4.13. The molecule has 212 valence electrons. The van der Waals surface area contributed by atoms with Gasteiger partial charge in [0.2, 0.25) is 11.8 Å². The Morgan fingerprint density at radius 3 is 2.27 bits per heavy atom. The fourth-order valence-corrected chi connectivity index (χ4v) is 6.64. The molecular formula is C31H36ClN3O4S. The molecule has 0 radical (unpaired) electrons. The molecule has 2 amide bonds. The molecule has 3 aromatic rings. The van der Waals surface area contributed by atoms with Gasteiger partial charge in [0.1, 0.15) is 12.6 Å². The molecule has 0 aromatic heterocycles. The molecule has 1 fully saturated rings. The highest BCUT2D eigenvalue weighted by Gasteiger charge is 2.34. The van der Waals surface area contributed by atoms with Crippen LogP contribution in [0.2, 0.25) is 5.02 Å². The lowest BCUT2D eigenvalue weighted by Crippen LogP contribution is -2.53. The SMILES string of the molecule is CC[C@H](C(=O)NC1CCCC1)N(Cc1ccccc1)C(=O)CN(c1cccc(C)c1)S(=O)(=O)c1ccc(Cl)cc1. The van der Waals surface area contributed by atoms with Crippen LogP contribution < -0.4 is 9.62 Å². The lowest BCUT2D eigenvalue weighted by atomic mass is 10.1. The number of amides is 2. The van der Waals surface area contributed by atoms with Crippen LogP contribution in [0.25, 0.3) is 0 Å². The molecular weight excluding hydrogens is 546 g/mol. The van der Waals surface area contributed by atoms with Gasteiger partial charge < -0.3 is 10.2 Å². The molecule has 3 aromatic carbocycles. The fourth-order valence-electron chi connectivity index (χ4n) is 5.11. The number of nitrogens with one attached hydrogen (secondary N) is 1. The number of halogens is 1. The summed E-state index contributed by atoms with van der Waals surface area (Å²) in [6.07, 6.45) is 4.39. The molecule has 0 bridgehead atoms. The van der Waals surface area contributed by atoms with E-state index in [1.54, 1.807) is 18.2 Å². The molecule has 0 spiro atoms. The molecule has 40 heavy (non-hydrogen) atoms. The van der Waals surface area contributed by atoms with E-state index in [9.17, 15) is 18.0 Å². The predicted octanol–water partition coefficient (Wildman–Crippen LogP) is 5.71. The Kier molecular flexibility index (Phi) is 9.87. The highest BCUT2D eigenvalue weighted by molar-refractivity contribution is 7.92. The lowest BCUT2D eigenvalue weighted by molar-refractivity contribution is -0.140. The van der Waals surface area contributed by atoms with Gasteiger partial charge in [-0.1, -0.05) is 73.8 Å². The van der Waals surface area contributed by atoms with Crippen molar-refractivity contribution in [3.8, 4) is 0 Å². The van der Waals surface area contributed by atoms with Gasteiger partial charge in [-0.25, -0.2) is 8.42 Å². The van der Waals surface area contributed by atoms with E-state index in [4.69, 9.17) is 11.6 Å². The summed E-state index contributed by atoms with van der Waals surface area (Å²) >= 11 is 6.02. The Labute approximate surface area is 242 Å². The van der Waals surface area contributed by atoms with E-state index in [1.165, 1.54) is 29.2 Å². The molecule has 1 saturated carbocycles. The largest absolute Gasteiger partial charge is 0.352 e. The minimum atomic E-state index is -4.13. The number of hydrogen-bond donors (Lipinski definition) is 1. The minimum absolute atomic E-state index is 0.0202. The van der Waals surface area contributed by atoms with Crippen molar-refractivity contribution in [3.05, 3.63) is 95.0 Å². The first-order chi connectivity index (χ1) is 19.2. The van der Waals surface area contributed by atoms with Crippen LogP contribution in [-0.4, -0.2) is 43.8 Å². The van der Waals surface area contributed by atoms with Crippen molar-refractivity contribution < 1.29 is 18.0 Å². The van der Waals surface area contributed by atoms with Crippen molar-refractivity contribution in [1.29, 1.82) is 0 Å². The van der Waals surface area contributed by atoms with E-state index >= 15 is 0 Å². The molecule has 0 heterocycles. The summed E-state index contributed by atoms with van der Waals surface area (Å²) in [5.74, 6) is -0.669. The standard InChI is InChI=1S/C31H36ClN3O4S/c1-3-29(31(37)33-26-13-7-8-14-26)34(21-24-11-5-4-6-12-24)30(36)22-35(27-15-9-10-23(2)20-27)40(38,39)28-18-16-25(32)17-19-28/h4-6,9-12,15-20,26,29H,3,7-8,13-14,21-22H2,1-2H3,(H,33,37)/t29-/m1/s1. The van der Waals surface area contributed by atoms with Gasteiger partial charge in [-0.15, -0.1) is 0 Å². The van der Waals surface area contributed by atoms with Gasteiger partial charge in [0.05, 0.1) is 10.6 Å². The van der Waals surface area contributed by atoms with Gasteiger partial charge in [-0.3, -0.25) is 13.9 Å². The first kappa shape index (κ1) is 29.6. The highest BCUT2D eigenvalue weighted by Crippen LogP contribution is 2.27. The zero-order valence-electron chi connectivity index (χ0n) is 22.9. The third-order valence-electron chi connectivity index (χ3n) is 7.25. The topological polar surface area (TPSA) is 86.8 Å². The molecule has 0 saturated heterocycles. The molecule has 1 atom stereocenters. The summed E-state index contributed by atoms with van der Waals surface area (Å²) < 4.78 is 28.9. The number of sulfonamides is 1. The molecule has 9 heteroatoms. The van der Waals surface area contributed by atoms with Crippen LogP contribution in [0, 0.1) is 6.92 Å². The van der Waals surface area contributed by atoms with Gasteiger partial charge in [-0.05, 0) is 73.7 Å². The Bertz CT molecular complexity index is 1410. The number of hydrogen-bond acceptors (Lipinski definition) is 4. The van der Waals surface area contributed by atoms with Crippen molar-refractivity contribution in [3.63, 3.8) is 0 Å². The fraction of sp³-hybridized carbons (Fsp3) is 0.355. The summed E-state index contributed by atoms with van der Waals surface area (Å²) in [5.41, 5.74) is 2.07. The second kappa shape index (κ2) is 13.3. The van der Waals surface area contributed by atoms with Crippen LogP contribution >= 0.6 is 11.6 Å². The van der Waals surface area contributed by atoms with Crippen LogP contribution in [0.15, 0.2) is 83.8 Å². The van der Waals surface area contributed by atoms with Gasteiger partial charge >= 0.3 is 0 Å². The smallest absolute Gasteiger partial charge is 0.264 e. The van der Waals surface area contributed by atoms with E-state index in [0.29, 0.717) is 17.1 Å². The van der Waals surface area contributed by atoms with Crippen LogP contribution in [0.5, 0.6) is 0 Å². The first-order valence-electron chi connectivity index (χ1n) is 13.7. The van der Waals surface area contributed by atoms with Gasteiger partial charge in [-0.2, -0.15) is 0 Å². The number of carbonyl (C=O) groups excluding carboxylic acids is 2. The number of carbonyl (C=O) groups is 2. The summed E-state index contributed by atoms with van der Waals surface area (Å²) in [6, 6.07) is 21.7. The number of nitrogens with zero attached hydrogens (tertiary/aromatic N) is 2. The zero-order chi connectivity index (χ0) is 28.7. The van der Waals surface area contributed by atoms with Crippen LogP contribution in [-0.2, 0) is 26.2 Å². The van der Waals surface area contributed by atoms with Gasteiger partial charge in [0.25, 0.3) is 10.0 Å². The van der Waals surface area contributed by atoms with Crippen LogP contribution in [0.4, 0.5) is 5.69 Å². The Morgan fingerprint density at radius 1 is 0.975 bits per heavy atom. The van der Waals surface area contributed by atoms with Crippen molar-refractivity contribution in [1.82, 2.24) is 10.2 Å². The van der Waals surface area contributed by atoms with Crippen LogP contribution in [0.3, 0.4) is 0 Å². The van der Waals surface area contributed by atoms with E-state index in [1.807, 2.05) is 50.2 Å². The number of benzene rings is 3. The van der Waals surface area contributed by atoms with Crippen molar-refractivity contribution in [2.45, 2.75) is 69.5 Å². The number of aryl methyl sites for hydroxylation is 1. The number of anilines is 1. The Morgan fingerprint density at radius 2 is 1.65 bits per heavy atom. The first-order valence-corrected chi connectivity index (χ1v) is 15.5. The van der Waals surface area contributed by atoms with Gasteiger partial charge in [0, 0.05) is 17.6 Å². The van der Waals surface area contributed by atoms with Crippen molar-refractivity contribution in [2.75, 3.05) is 10.8 Å². The molecule has 0 aliphatic heterocycles. The monoisotopic (exact) mass is 581 g/mol. The third-order valence-corrected chi connectivity index (χ3v) is 9.29. The van der Waals surface area contributed by atoms with E-state index < -0.39 is 28.5 Å². The third kappa shape index (κ3) is 7.23. The highest BCUT2D eigenvalue weighted by atomic mass is 35.5. The second-order valence-corrected chi connectivity index (χ2v) is 12.5. The lowest BCUT2D eigenvalue weighted by Gasteiger charge is -2.33. The average molecular weight is 582 g/mol. The van der Waals surface area contributed by atoms with E-state index in [2.05, 4.69) is 5.32 Å². The summed E-state index contributed by atoms with van der Waals surface area (Å²) in [4.78, 5) is 29.1. The quantitative estimate of drug-likeness (QED) is 0.314. The summed E-state index contributed by atoms with van der Waals surface area (Å²) in [6.45, 7) is 3.45. The molecule has 1 aliphatic rings. The second-order valence-electron chi connectivity index (χ2n) is 10.2. The van der Waals surface area contributed by atoms with Crippen molar-refractivity contribution >= 4 is 39.1 Å². The zero-order valence-corrected chi connectivity index (χ0v) is 24.5. The average Bonchev–Trinajstić information content (AvgIpc) is 3.45.